The van der Waals surface area contributed by atoms with E-state index in [0.717, 1.165) is 0 Å². The average molecular weight is 320 g/mol. The number of halogens is 3. The van der Waals surface area contributed by atoms with Crippen LogP contribution in [0.5, 0.6) is 11.6 Å². The highest BCUT2D eigenvalue weighted by Gasteiger charge is 2.10. The molecule has 1 aromatic carbocycles. The molecule has 0 bridgehead atoms. The number of nitrogens with zero attached hydrogens (tertiary/aromatic N) is 2. The number of hydrogen-bond acceptors (Lipinski definition) is 4. The van der Waals surface area contributed by atoms with Crippen LogP contribution in [-0.2, 0) is 0 Å². The first-order valence-electron chi connectivity index (χ1n) is 4.87. The van der Waals surface area contributed by atoms with Crippen molar-refractivity contribution in [3.8, 4) is 11.6 Å². The zero-order valence-electron chi connectivity index (χ0n) is 9.10. The topological polar surface area (TPSA) is 72.3 Å². The summed E-state index contributed by atoms with van der Waals surface area (Å²) < 4.78 is 5.34. The second-order valence-electron chi connectivity index (χ2n) is 3.36. The van der Waals surface area contributed by atoms with Crippen molar-refractivity contribution in [1.29, 1.82) is 0 Å². The van der Waals surface area contributed by atoms with Gasteiger partial charge in [-0.1, -0.05) is 34.8 Å². The Balaban J connectivity index is 2.26. The highest BCUT2D eigenvalue weighted by atomic mass is 35.5. The lowest BCUT2D eigenvalue weighted by atomic mass is 10.3. The first-order valence-corrected chi connectivity index (χ1v) is 6.00. The van der Waals surface area contributed by atoms with Crippen molar-refractivity contribution >= 4 is 40.8 Å². The maximum atomic E-state index is 10.6. The standard InChI is InChI=1S/C11H5Cl3N2O3/c12-5-3-7(14)9(4-6(5)13)19-10-2-1-8(11(17)18)15-16-10/h1-4H,(H,17,18). The molecule has 98 valence electrons. The molecule has 1 aromatic heterocycles. The first kappa shape index (κ1) is 13.9. The largest absolute Gasteiger partial charge is 0.476 e. The van der Waals surface area contributed by atoms with E-state index in [4.69, 9.17) is 44.6 Å². The summed E-state index contributed by atoms with van der Waals surface area (Å²) in [5.41, 5.74) is -0.187. The summed E-state index contributed by atoms with van der Waals surface area (Å²) in [6.07, 6.45) is 0. The van der Waals surface area contributed by atoms with Crippen LogP contribution in [0.25, 0.3) is 0 Å². The van der Waals surface area contributed by atoms with E-state index >= 15 is 0 Å². The highest BCUT2D eigenvalue weighted by Crippen LogP contribution is 2.35. The van der Waals surface area contributed by atoms with Crippen LogP contribution < -0.4 is 4.74 Å². The van der Waals surface area contributed by atoms with Crippen LogP contribution in [0.1, 0.15) is 10.5 Å². The quantitative estimate of drug-likeness (QED) is 0.868. The Kier molecular flexibility index (Phi) is 4.09. The van der Waals surface area contributed by atoms with E-state index in [1.165, 1.54) is 24.3 Å². The third-order valence-electron chi connectivity index (χ3n) is 2.05. The Morgan fingerprint density at radius 1 is 1.05 bits per heavy atom. The average Bonchev–Trinajstić information content (AvgIpc) is 2.36. The normalized spacial score (nSPS) is 10.3. The summed E-state index contributed by atoms with van der Waals surface area (Å²) in [4.78, 5) is 10.6. The molecule has 1 heterocycles. The van der Waals surface area contributed by atoms with Crippen molar-refractivity contribution < 1.29 is 14.6 Å². The molecular weight excluding hydrogens is 314 g/mol. The predicted molar refractivity (Wildman–Crippen MR) is 70.5 cm³/mol. The fraction of sp³-hybridized carbons (Fsp3) is 0. The molecule has 19 heavy (non-hydrogen) atoms. The van der Waals surface area contributed by atoms with Gasteiger partial charge in [-0.15, -0.1) is 10.2 Å². The van der Waals surface area contributed by atoms with E-state index in [1.54, 1.807) is 0 Å². The van der Waals surface area contributed by atoms with Crippen molar-refractivity contribution in [3.63, 3.8) is 0 Å². The number of carboxylic acid groups (broad SMARTS) is 1. The molecule has 8 heteroatoms. The van der Waals surface area contributed by atoms with Crippen LogP contribution in [0.2, 0.25) is 15.1 Å². The van der Waals surface area contributed by atoms with Crippen LogP contribution in [-0.4, -0.2) is 21.3 Å². The molecule has 5 nitrogen and oxygen atoms in total. The lowest BCUT2D eigenvalue weighted by molar-refractivity contribution is 0.0689. The third kappa shape index (κ3) is 3.26. The SMILES string of the molecule is O=C(O)c1ccc(Oc2cc(Cl)c(Cl)cc2Cl)nn1. The smallest absolute Gasteiger partial charge is 0.356 e. The van der Waals surface area contributed by atoms with Gasteiger partial charge in [0.1, 0.15) is 5.75 Å². The Hall–Kier alpha value is -1.56. The molecule has 1 N–H and O–H groups in total. The van der Waals surface area contributed by atoms with Crippen LogP contribution in [0.4, 0.5) is 0 Å². The van der Waals surface area contributed by atoms with Gasteiger partial charge in [0.2, 0.25) is 5.88 Å². The lowest BCUT2D eigenvalue weighted by Gasteiger charge is -2.07. The van der Waals surface area contributed by atoms with Gasteiger partial charge in [-0.05, 0) is 12.1 Å². The van der Waals surface area contributed by atoms with Crippen LogP contribution in [0.15, 0.2) is 24.3 Å². The molecule has 2 aromatic rings. The van der Waals surface area contributed by atoms with Crippen molar-refractivity contribution in [2.45, 2.75) is 0 Å². The molecular formula is C11H5Cl3N2O3. The van der Waals surface area contributed by atoms with Crippen LogP contribution in [0, 0.1) is 0 Å². The molecule has 0 aliphatic heterocycles. The number of carbonyl (C=O) groups is 1. The number of benzene rings is 1. The Labute approximate surface area is 122 Å². The van der Waals surface area contributed by atoms with Gasteiger partial charge in [-0.25, -0.2) is 4.79 Å². The van der Waals surface area contributed by atoms with E-state index < -0.39 is 5.97 Å². The Morgan fingerprint density at radius 2 is 1.74 bits per heavy atom. The van der Waals surface area contributed by atoms with Gasteiger partial charge >= 0.3 is 5.97 Å². The van der Waals surface area contributed by atoms with Crippen molar-refractivity contribution in [1.82, 2.24) is 10.2 Å². The Bertz CT molecular complexity index is 632. The van der Waals surface area contributed by atoms with Gasteiger partial charge in [0.15, 0.2) is 5.69 Å². The lowest BCUT2D eigenvalue weighted by Crippen LogP contribution is -2.02. The van der Waals surface area contributed by atoms with Gasteiger partial charge < -0.3 is 9.84 Å². The van der Waals surface area contributed by atoms with Crippen molar-refractivity contribution in [2.75, 3.05) is 0 Å². The molecule has 0 saturated heterocycles. The van der Waals surface area contributed by atoms with Gasteiger partial charge in [-0.3, -0.25) is 0 Å². The zero-order valence-corrected chi connectivity index (χ0v) is 11.4. The summed E-state index contributed by atoms with van der Waals surface area (Å²) in [6, 6.07) is 5.48. The van der Waals surface area contributed by atoms with E-state index in [9.17, 15) is 4.79 Å². The minimum absolute atomic E-state index is 0.0882. The second kappa shape index (κ2) is 5.61. The number of ether oxygens (including phenoxy) is 1. The Morgan fingerprint density at radius 3 is 2.32 bits per heavy atom. The number of hydrogen-bond donors (Lipinski definition) is 1. The third-order valence-corrected chi connectivity index (χ3v) is 3.07. The van der Waals surface area contributed by atoms with E-state index in [0.29, 0.717) is 5.02 Å². The molecule has 0 atom stereocenters. The van der Waals surface area contributed by atoms with Crippen molar-refractivity contribution in [2.24, 2.45) is 0 Å². The fourth-order valence-corrected chi connectivity index (χ4v) is 1.76. The van der Waals surface area contributed by atoms with E-state index in [1.807, 2.05) is 0 Å². The van der Waals surface area contributed by atoms with Gasteiger partial charge in [-0.2, -0.15) is 0 Å². The summed E-state index contributed by atoms with van der Waals surface area (Å²) >= 11 is 17.5. The molecule has 0 aliphatic rings. The molecule has 0 fully saturated rings. The molecule has 0 saturated carbocycles. The maximum absolute atomic E-state index is 10.6. The molecule has 0 unspecified atom stereocenters. The van der Waals surface area contributed by atoms with Gasteiger partial charge in [0.05, 0.1) is 15.1 Å². The van der Waals surface area contributed by atoms with Gasteiger partial charge in [0, 0.05) is 12.1 Å². The first-order chi connectivity index (χ1) is 8.97. The second-order valence-corrected chi connectivity index (χ2v) is 4.58. The highest BCUT2D eigenvalue weighted by molar-refractivity contribution is 6.43. The van der Waals surface area contributed by atoms with Crippen molar-refractivity contribution in [3.05, 3.63) is 45.0 Å². The summed E-state index contributed by atoms with van der Waals surface area (Å²) in [6.45, 7) is 0. The summed E-state index contributed by atoms with van der Waals surface area (Å²) in [5, 5.41) is 16.6. The van der Waals surface area contributed by atoms with Crippen LogP contribution >= 0.6 is 34.8 Å². The summed E-state index contributed by atoms with van der Waals surface area (Å²) in [5.74, 6) is -0.842. The number of rotatable bonds is 3. The number of carboxylic acids is 1. The summed E-state index contributed by atoms with van der Waals surface area (Å²) in [7, 11) is 0. The molecule has 0 spiro atoms. The molecule has 0 amide bonds. The van der Waals surface area contributed by atoms with E-state index in [-0.39, 0.29) is 27.4 Å². The number of aromatic carboxylic acids is 1. The maximum Gasteiger partial charge on any atom is 0.356 e. The van der Waals surface area contributed by atoms with Crippen LogP contribution in [0.3, 0.4) is 0 Å². The minimum Gasteiger partial charge on any atom is -0.476 e. The predicted octanol–water partition coefficient (Wildman–Crippen LogP) is 3.93. The zero-order chi connectivity index (χ0) is 14.0. The molecule has 0 aliphatic carbocycles. The van der Waals surface area contributed by atoms with Gasteiger partial charge in [0.25, 0.3) is 0 Å². The molecule has 0 radical (unpaired) electrons. The monoisotopic (exact) mass is 318 g/mol. The molecule has 2 rings (SSSR count). The minimum atomic E-state index is -1.17. The van der Waals surface area contributed by atoms with E-state index in [2.05, 4.69) is 10.2 Å². The fourth-order valence-electron chi connectivity index (χ4n) is 1.18. The number of aromatic nitrogens is 2.